The molecule has 2 aliphatic rings. The summed E-state index contributed by atoms with van der Waals surface area (Å²) in [6.07, 6.45) is 2.87. The quantitative estimate of drug-likeness (QED) is 0.616. The normalized spacial score (nSPS) is 46.6. The minimum Gasteiger partial charge on any atom is -0.376 e. The molecule has 0 unspecified atom stereocenters. The summed E-state index contributed by atoms with van der Waals surface area (Å²) in [7, 11) is 0. The van der Waals surface area contributed by atoms with Crippen LogP contribution in [0.5, 0.6) is 0 Å². The summed E-state index contributed by atoms with van der Waals surface area (Å²) >= 11 is 0. The van der Waals surface area contributed by atoms with E-state index in [1.807, 2.05) is 0 Å². The van der Waals surface area contributed by atoms with E-state index in [4.69, 9.17) is 10.5 Å². The second-order valence-corrected chi connectivity index (χ2v) is 4.71. The van der Waals surface area contributed by atoms with Gasteiger partial charge in [-0.25, -0.2) is 0 Å². The van der Waals surface area contributed by atoms with Crippen LogP contribution in [0.25, 0.3) is 0 Å². The smallest absolute Gasteiger partial charge is 0.0703 e. The Balaban J connectivity index is 2.01. The topological polar surface area (TPSA) is 35.2 Å². The van der Waals surface area contributed by atoms with Crippen LogP contribution in [0.3, 0.4) is 0 Å². The summed E-state index contributed by atoms with van der Waals surface area (Å²) < 4.78 is 5.59. The predicted molar refractivity (Wildman–Crippen MR) is 44.2 cm³/mol. The van der Waals surface area contributed by atoms with Crippen LogP contribution in [0.4, 0.5) is 0 Å². The van der Waals surface area contributed by atoms with Crippen molar-refractivity contribution in [2.75, 3.05) is 13.2 Å². The van der Waals surface area contributed by atoms with Gasteiger partial charge in [0.2, 0.25) is 0 Å². The number of rotatable bonds is 1. The van der Waals surface area contributed by atoms with Gasteiger partial charge in [0.25, 0.3) is 0 Å². The molecule has 2 nitrogen and oxygen atoms in total. The molecule has 0 aromatic heterocycles. The second-order valence-electron chi connectivity index (χ2n) is 4.71. The van der Waals surface area contributed by atoms with E-state index in [0.717, 1.165) is 6.61 Å². The second kappa shape index (κ2) is 1.99. The van der Waals surface area contributed by atoms with Crippen LogP contribution >= 0.6 is 0 Å². The van der Waals surface area contributed by atoms with E-state index < -0.39 is 0 Å². The van der Waals surface area contributed by atoms with Crippen molar-refractivity contribution in [3.05, 3.63) is 0 Å². The van der Waals surface area contributed by atoms with E-state index in [1.165, 1.54) is 12.8 Å². The molecule has 1 aliphatic heterocycles. The fraction of sp³-hybridized carbons (Fsp3) is 1.00. The fourth-order valence-electron chi connectivity index (χ4n) is 2.38. The SMILES string of the molecule is CC1(C)C[C@]12CO[C@H](CN)C2. The van der Waals surface area contributed by atoms with E-state index in [0.29, 0.717) is 23.5 Å². The molecule has 0 amide bonds. The highest BCUT2D eigenvalue weighted by Gasteiger charge is 2.64. The van der Waals surface area contributed by atoms with Gasteiger partial charge in [-0.15, -0.1) is 0 Å². The minimum atomic E-state index is 0.344. The maximum Gasteiger partial charge on any atom is 0.0703 e. The molecule has 2 heteroatoms. The first-order valence-corrected chi connectivity index (χ1v) is 4.41. The Morgan fingerprint density at radius 1 is 1.55 bits per heavy atom. The molecule has 1 heterocycles. The van der Waals surface area contributed by atoms with Crippen LogP contribution in [0.2, 0.25) is 0 Å². The molecule has 2 fully saturated rings. The summed E-state index contributed by atoms with van der Waals surface area (Å²) in [5, 5.41) is 0. The third kappa shape index (κ3) is 0.926. The molecule has 11 heavy (non-hydrogen) atoms. The van der Waals surface area contributed by atoms with Gasteiger partial charge in [0, 0.05) is 12.0 Å². The van der Waals surface area contributed by atoms with Gasteiger partial charge in [0.15, 0.2) is 0 Å². The molecule has 1 spiro atoms. The summed E-state index contributed by atoms with van der Waals surface area (Å²) in [6, 6.07) is 0. The summed E-state index contributed by atoms with van der Waals surface area (Å²) in [6.45, 7) is 6.30. The minimum absolute atomic E-state index is 0.344. The lowest BCUT2D eigenvalue weighted by atomic mass is 9.93. The molecule has 2 rings (SSSR count). The lowest BCUT2D eigenvalue weighted by Gasteiger charge is -2.09. The van der Waals surface area contributed by atoms with Gasteiger partial charge in [-0.3, -0.25) is 0 Å². The molecule has 0 aromatic carbocycles. The van der Waals surface area contributed by atoms with Gasteiger partial charge >= 0.3 is 0 Å². The van der Waals surface area contributed by atoms with Gasteiger partial charge < -0.3 is 10.5 Å². The molecule has 0 radical (unpaired) electrons. The summed E-state index contributed by atoms with van der Waals surface area (Å²) in [4.78, 5) is 0. The molecule has 1 saturated heterocycles. The number of ether oxygens (including phenoxy) is 1. The van der Waals surface area contributed by atoms with Gasteiger partial charge in [0.1, 0.15) is 0 Å². The van der Waals surface area contributed by atoms with Crippen LogP contribution in [0.15, 0.2) is 0 Å². The number of nitrogens with two attached hydrogens (primary N) is 1. The Hall–Kier alpha value is -0.0800. The van der Waals surface area contributed by atoms with E-state index in [9.17, 15) is 0 Å². The lowest BCUT2D eigenvalue weighted by Crippen LogP contribution is -2.19. The van der Waals surface area contributed by atoms with Crippen LogP contribution in [0.1, 0.15) is 26.7 Å². The third-order valence-corrected chi connectivity index (χ3v) is 3.57. The van der Waals surface area contributed by atoms with Gasteiger partial charge in [-0.1, -0.05) is 13.8 Å². The van der Waals surface area contributed by atoms with Crippen molar-refractivity contribution in [2.45, 2.75) is 32.8 Å². The molecular weight excluding hydrogens is 138 g/mol. The summed E-state index contributed by atoms with van der Waals surface area (Å²) in [5.41, 5.74) is 6.58. The zero-order valence-electron chi connectivity index (χ0n) is 7.39. The average molecular weight is 155 g/mol. The molecule has 64 valence electrons. The summed E-state index contributed by atoms with van der Waals surface area (Å²) in [5.74, 6) is 0. The predicted octanol–water partition coefficient (Wildman–Crippen LogP) is 1.15. The molecule has 1 saturated carbocycles. The fourth-order valence-corrected chi connectivity index (χ4v) is 2.38. The van der Waals surface area contributed by atoms with Crippen LogP contribution in [-0.4, -0.2) is 19.3 Å². The monoisotopic (exact) mass is 155 g/mol. The Kier molecular flexibility index (Phi) is 1.37. The van der Waals surface area contributed by atoms with Gasteiger partial charge in [-0.05, 0) is 18.3 Å². The van der Waals surface area contributed by atoms with Crippen LogP contribution in [-0.2, 0) is 4.74 Å². The van der Waals surface area contributed by atoms with Gasteiger partial charge in [-0.2, -0.15) is 0 Å². The molecule has 2 N–H and O–H groups in total. The van der Waals surface area contributed by atoms with Gasteiger partial charge in [0.05, 0.1) is 12.7 Å². The molecule has 1 aliphatic carbocycles. The van der Waals surface area contributed by atoms with Crippen molar-refractivity contribution < 1.29 is 4.74 Å². The maximum atomic E-state index is 5.59. The zero-order chi connectivity index (χ0) is 8.11. The van der Waals surface area contributed by atoms with Crippen molar-refractivity contribution >= 4 is 0 Å². The molecule has 2 atom stereocenters. The van der Waals surface area contributed by atoms with E-state index in [2.05, 4.69) is 13.8 Å². The first kappa shape index (κ1) is 7.56. The lowest BCUT2D eigenvalue weighted by molar-refractivity contribution is 0.108. The van der Waals surface area contributed by atoms with Crippen molar-refractivity contribution in [1.82, 2.24) is 0 Å². The highest BCUT2D eigenvalue weighted by Crippen LogP contribution is 2.68. The Morgan fingerprint density at radius 2 is 2.18 bits per heavy atom. The van der Waals surface area contributed by atoms with E-state index in [-0.39, 0.29) is 0 Å². The van der Waals surface area contributed by atoms with E-state index in [1.54, 1.807) is 0 Å². The molecule has 0 aromatic rings. The van der Waals surface area contributed by atoms with Crippen molar-refractivity contribution in [3.8, 4) is 0 Å². The van der Waals surface area contributed by atoms with Crippen LogP contribution < -0.4 is 5.73 Å². The number of hydrogen-bond acceptors (Lipinski definition) is 2. The van der Waals surface area contributed by atoms with E-state index >= 15 is 0 Å². The molecule has 0 bridgehead atoms. The Morgan fingerprint density at radius 3 is 2.45 bits per heavy atom. The third-order valence-electron chi connectivity index (χ3n) is 3.57. The van der Waals surface area contributed by atoms with Crippen LogP contribution in [0, 0.1) is 10.8 Å². The largest absolute Gasteiger partial charge is 0.376 e. The standard InChI is InChI=1S/C9H17NO/c1-8(2)5-9(8)3-7(4-10)11-6-9/h7H,3-6,10H2,1-2H3/t7-,9+/m0/s1. The molecular formula is C9H17NO. The maximum absolute atomic E-state index is 5.59. The Labute approximate surface area is 68.1 Å². The first-order chi connectivity index (χ1) is 5.10. The zero-order valence-corrected chi connectivity index (χ0v) is 7.39. The van der Waals surface area contributed by atoms with Crippen molar-refractivity contribution in [2.24, 2.45) is 16.6 Å². The Bertz CT molecular complexity index is 178. The van der Waals surface area contributed by atoms with Crippen molar-refractivity contribution in [3.63, 3.8) is 0 Å². The average Bonchev–Trinajstić information content (AvgIpc) is 2.35. The van der Waals surface area contributed by atoms with Crippen molar-refractivity contribution in [1.29, 1.82) is 0 Å². The first-order valence-electron chi connectivity index (χ1n) is 4.41. The highest BCUT2D eigenvalue weighted by atomic mass is 16.5. The number of hydrogen-bond donors (Lipinski definition) is 1. The highest BCUT2D eigenvalue weighted by molar-refractivity contribution is 5.12.